The predicted octanol–water partition coefficient (Wildman–Crippen LogP) is 3.84. The molecule has 0 bridgehead atoms. The summed E-state index contributed by atoms with van der Waals surface area (Å²) in [5.41, 5.74) is 4.05. The van der Waals surface area contributed by atoms with Crippen molar-refractivity contribution >= 4 is 16.6 Å². The van der Waals surface area contributed by atoms with Crippen LogP contribution in [0.15, 0.2) is 42.7 Å². The molecule has 28 heavy (non-hydrogen) atoms. The Balaban J connectivity index is 1.69. The van der Waals surface area contributed by atoms with Crippen molar-refractivity contribution in [1.29, 1.82) is 5.26 Å². The van der Waals surface area contributed by atoms with E-state index in [0.717, 1.165) is 53.0 Å². The van der Waals surface area contributed by atoms with Crippen LogP contribution in [0.2, 0.25) is 0 Å². The van der Waals surface area contributed by atoms with Gasteiger partial charge in [0.1, 0.15) is 11.9 Å². The number of rotatable bonds is 3. The highest BCUT2D eigenvalue weighted by Crippen LogP contribution is 2.46. The quantitative estimate of drug-likeness (QED) is 0.760. The minimum atomic E-state index is 0.400. The number of aromatic nitrogens is 2. The molecule has 2 aromatic heterocycles. The second-order valence-electron chi connectivity index (χ2n) is 7.88. The van der Waals surface area contributed by atoms with Gasteiger partial charge in [0.15, 0.2) is 0 Å². The Labute approximate surface area is 165 Å². The Morgan fingerprint density at radius 1 is 1.21 bits per heavy atom. The van der Waals surface area contributed by atoms with E-state index in [4.69, 9.17) is 4.98 Å². The molecule has 2 aliphatic rings. The SMILES string of the molecule is C[C@@H]1CN(c2nc(C3CC3)c(-c3cccc4cnccc34)cc2C#N)CCN1. The van der Waals surface area contributed by atoms with Crippen LogP contribution in [0.3, 0.4) is 0 Å². The number of anilines is 1. The van der Waals surface area contributed by atoms with E-state index in [1.807, 2.05) is 12.4 Å². The van der Waals surface area contributed by atoms with Gasteiger partial charge in [-0.15, -0.1) is 0 Å². The maximum absolute atomic E-state index is 9.90. The third kappa shape index (κ3) is 3.00. The minimum Gasteiger partial charge on any atom is -0.353 e. The lowest BCUT2D eigenvalue weighted by Gasteiger charge is -2.33. The summed E-state index contributed by atoms with van der Waals surface area (Å²) in [6.07, 6.45) is 6.08. The maximum Gasteiger partial charge on any atom is 0.146 e. The van der Waals surface area contributed by atoms with Crippen LogP contribution in [-0.4, -0.2) is 35.6 Å². The number of nitrogens with zero attached hydrogens (tertiary/aromatic N) is 4. The Hall–Kier alpha value is -2.97. The lowest BCUT2D eigenvalue weighted by Crippen LogP contribution is -2.49. The smallest absolute Gasteiger partial charge is 0.146 e. The van der Waals surface area contributed by atoms with Crippen molar-refractivity contribution in [2.75, 3.05) is 24.5 Å². The molecule has 1 aromatic carbocycles. The van der Waals surface area contributed by atoms with Gasteiger partial charge in [-0.05, 0) is 42.8 Å². The lowest BCUT2D eigenvalue weighted by molar-refractivity contribution is 0.482. The zero-order valence-corrected chi connectivity index (χ0v) is 16.0. The van der Waals surface area contributed by atoms with Crippen LogP contribution in [0.25, 0.3) is 21.9 Å². The summed E-state index contributed by atoms with van der Waals surface area (Å²) in [4.78, 5) is 11.6. The molecule has 0 unspecified atom stereocenters. The topological polar surface area (TPSA) is 64.8 Å². The van der Waals surface area contributed by atoms with Crippen molar-refractivity contribution < 1.29 is 0 Å². The highest BCUT2D eigenvalue weighted by atomic mass is 15.2. The van der Waals surface area contributed by atoms with Gasteiger partial charge in [-0.25, -0.2) is 4.98 Å². The van der Waals surface area contributed by atoms with Gasteiger partial charge in [-0.1, -0.05) is 18.2 Å². The second-order valence-corrected chi connectivity index (χ2v) is 7.88. The molecule has 1 saturated carbocycles. The first-order valence-electron chi connectivity index (χ1n) is 10.0. The fourth-order valence-corrected chi connectivity index (χ4v) is 4.21. The Morgan fingerprint density at radius 2 is 2.11 bits per heavy atom. The van der Waals surface area contributed by atoms with Crippen LogP contribution in [-0.2, 0) is 0 Å². The third-order valence-electron chi connectivity index (χ3n) is 5.76. The van der Waals surface area contributed by atoms with Gasteiger partial charge >= 0.3 is 0 Å². The monoisotopic (exact) mass is 369 g/mol. The number of hydrogen-bond acceptors (Lipinski definition) is 5. The molecule has 3 aromatic rings. The second kappa shape index (κ2) is 6.88. The van der Waals surface area contributed by atoms with Crippen LogP contribution in [0.1, 0.15) is 36.9 Å². The largest absolute Gasteiger partial charge is 0.353 e. The van der Waals surface area contributed by atoms with E-state index >= 15 is 0 Å². The summed E-state index contributed by atoms with van der Waals surface area (Å²) in [5.74, 6) is 1.35. The summed E-state index contributed by atoms with van der Waals surface area (Å²) in [5, 5.41) is 15.6. The predicted molar refractivity (Wildman–Crippen MR) is 111 cm³/mol. The molecule has 5 nitrogen and oxygen atoms in total. The van der Waals surface area contributed by atoms with E-state index in [0.29, 0.717) is 17.5 Å². The fourth-order valence-electron chi connectivity index (χ4n) is 4.21. The number of piperazine rings is 1. The molecule has 0 amide bonds. The number of hydrogen-bond donors (Lipinski definition) is 1. The van der Waals surface area contributed by atoms with Gasteiger partial charge in [-0.2, -0.15) is 5.26 Å². The standard InChI is InChI=1S/C23H23N5/c1-15-14-28(10-9-26-15)23-18(12-24)11-21(22(27-23)16-5-6-16)20-4-2-3-17-13-25-8-7-19(17)20/h2-4,7-8,11,13,15-16,26H,5-6,9-10,14H2,1H3/t15-/m1/s1. The van der Waals surface area contributed by atoms with Gasteiger partial charge in [0.25, 0.3) is 0 Å². The first-order chi connectivity index (χ1) is 13.7. The third-order valence-corrected chi connectivity index (χ3v) is 5.76. The minimum absolute atomic E-state index is 0.400. The van der Waals surface area contributed by atoms with Crippen molar-refractivity contribution in [2.24, 2.45) is 0 Å². The lowest BCUT2D eigenvalue weighted by atomic mass is 9.95. The highest BCUT2D eigenvalue weighted by molar-refractivity contribution is 5.97. The van der Waals surface area contributed by atoms with E-state index in [1.165, 1.54) is 12.8 Å². The van der Waals surface area contributed by atoms with Crippen LogP contribution in [0.5, 0.6) is 0 Å². The van der Waals surface area contributed by atoms with E-state index in [2.05, 4.69) is 58.5 Å². The van der Waals surface area contributed by atoms with Gasteiger partial charge in [0.2, 0.25) is 0 Å². The zero-order valence-electron chi connectivity index (χ0n) is 16.0. The fraction of sp³-hybridized carbons (Fsp3) is 0.348. The van der Waals surface area contributed by atoms with Crippen LogP contribution in [0, 0.1) is 11.3 Å². The van der Waals surface area contributed by atoms with Crippen molar-refractivity contribution in [3.8, 4) is 17.2 Å². The van der Waals surface area contributed by atoms with E-state index in [9.17, 15) is 5.26 Å². The average molecular weight is 369 g/mol. The van der Waals surface area contributed by atoms with Crippen molar-refractivity contribution in [3.05, 3.63) is 54.0 Å². The number of fused-ring (bicyclic) bond motifs is 1. The number of pyridine rings is 2. The van der Waals surface area contributed by atoms with Gasteiger partial charge in [-0.3, -0.25) is 4.98 Å². The van der Waals surface area contributed by atoms with Crippen LogP contribution < -0.4 is 10.2 Å². The molecule has 3 heterocycles. The zero-order chi connectivity index (χ0) is 19.1. The van der Waals surface area contributed by atoms with Gasteiger partial charge in [0, 0.05) is 54.9 Å². The summed E-state index contributed by atoms with van der Waals surface area (Å²) in [7, 11) is 0. The van der Waals surface area contributed by atoms with Crippen LogP contribution in [0.4, 0.5) is 5.82 Å². The first-order valence-corrected chi connectivity index (χ1v) is 10.0. The molecule has 0 radical (unpaired) electrons. The molecule has 1 aliphatic carbocycles. The average Bonchev–Trinajstić information content (AvgIpc) is 3.58. The maximum atomic E-state index is 9.90. The van der Waals surface area contributed by atoms with E-state index < -0.39 is 0 Å². The molecule has 1 aliphatic heterocycles. The van der Waals surface area contributed by atoms with E-state index in [-0.39, 0.29) is 0 Å². The molecule has 0 spiro atoms. The summed E-state index contributed by atoms with van der Waals surface area (Å²) < 4.78 is 0. The van der Waals surface area contributed by atoms with Gasteiger partial charge < -0.3 is 10.2 Å². The molecular weight excluding hydrogens is 346 g/mol. The van der Waals surface area contributed by atoms with Gasteiger partial charge in [0.05, 0.1) is 11.3 Å². The Bertz CT molecular complexity index is 1070. The molecular formula is C23H23N5. The van der Waals surface area contributed by atoms with Crippen molar-refractivity contribution in [2.45, 2.75) is 31.7 Å². The Morgan fingerprint density at radius 3 is 2.89 bits per heavy atom. The highest BCUT2D eigenvalue weighted by Gasteiger charge is 2.31. The normalized spacial score (nSPS) is 19.6. The summed E-state index contributed by atoms with van der Waals surface area (Å²) >= 11 is 0. The first kappa shape index (κ1) is 17.2. The molecule has 5 rings (SSSR count). The molecule has 1 N–H and O–H groups in total. The summed E-state index contributed by atoms with van der Waals surface area (Å²) in [6.45, 7) is 4.86. The van der Waals surface area contributed by atoms with Crippen LogP contribution >= 0.6 is 0 Å². The molecule has 140 valence electrons. The van der Waals surface area contributed by atoms with Crippen molar-refractivity contribution in [1.82, 2.24) is 15.3 Å². The summed E-state index contributed by atoms with van der Waals surface area (Å²) in [6, 6.07) is 13.2. The van der Waals surface area contributed by atoms with E-state index in [1.54, 1.807) is 0 Å². The van der Waals surface area contributed by atoms with Crippen molar-refractivity contribution in [3.63, 3.8) is 0 Å². The Kier molecular flexibility index (Phi) is 4.22. The molecule has 1 saturated heterocycles. The number of nitrogens with one attached hydrogen (secondary N) is 1. The number of benzene rings is 1. The molecule has 1 atom stereocenters. The number of nitriles is 1. The molecule has 2 fully saturated rings. The molecule has 5 heteroatoms.